The van der Waals surface area contributed by atoms with Gasteiger partial charge in [-0.25, -0.2) is 19.3 Å². The van der Waals surface area contributed by atoms with Gasteiger partial charge in [-0.15, -0.1) is 0 Å². The molecule has 3 aromatic heterocycles. The fraction of sp³-hybridized carbons (Fsp3) is 0.476. The summed E-state index contributed by atoms with van der Waals surface area (Å²) in [6.07, 6.45) is -8.24. The quantitative estimate of drug-likeness (QED) is 0.0758. The lowest BCUT2D eigenvalue weighted by atomic mass is 10.1. The molecule has 2 fully saturated rings. The molecule has 0 aromatic carbocycles. The molecule has 1 aliphatic heterocycles. The Morgan fingerprint density at radius 3 is 2.49 bits per heavy atom. The largest absolute Gasteiger partial charge is 0.756 e. The number of phosphoric acid groups is 3. The van der Waals surface area contributed by atoms with Crippen molar-refractivity contribution in [2.45, 2.75) is 55.3 Å². The van der Waals surface area contributed by atoms with Gasteiger partial charge in [0.15, 0.2) is 36.1 Å². The van der Waals surface area contributed by atoms with Crippen LogP contribution in [0.3, 0.4) is 0 Å². The number of aliphatic hydroxyl groups excluding tert-OH is 3. The summed E-state index contributed by atoms with van der Waals surface area (Å²) >= 11 is 0. The molecule has 8 N–H and O–H groups in total. The minimum atomic E-state index is -5.91. The molecule has 23 nitrogen and oxygen atoms in total. The maximum Gasteiger partial charge on any atom is 0.274 e. The van der Waals surface area contributed by atoms with Crippen LogP contribution in [0.25, 0.3) is 11.2 Å². The molecule has 26 heteroatoms. The molecular weight excluding hydrogens is 699 g/mol. The molecule has 0 spiro atoms. The topological polar surface area (TPSA) is 364 Å². The van der Waals surface area contributed by atoms with Crippen LogP contribution in [0, 0.1) is 0 Å². The van der Waals surface area contributed by atoms with E-state index in [0.29, 0.717) is 0 Å². The van der Waals surface area contributed by atoms with Crippen LogP contribution >= 0.6 is 23.5 Å². The summed E-state index contributed by atoms with van der Waals surface area (Å²) in [7, 11) is -17.4. The summed E-state index contributed by atoms with van der Waals surface area (Å²) in [4.78, 5) is 68.9. The van der Waals surface area contributed by atoms with Crippen LogP contribution in [0.1, 0.15) is 29.0 Å². The number of nitrogens with zero attached hydrogens (tertiary/aromatic N) is 5. The van der Waals surface area contributed by atoms with E-state index in [-0.39, 0.29) is 22.5 Å². The minimum Gasteiger partial charge on any atom is -0.756 e. The van der Waals surface area contributed by atoms with Gasteiger partial charge in [0.2, 0.25) is 0 Å². The highest BCUT2D eigenvalue weighted by Crippen LogP contribution is 2.57. The Kier molecular flexibility index (Phi) is 9.99. The van der Waals surface area contributed by atoms with Crippen molar-refractivity contribution in [3.63, 3.8) is 0 Å². The Morgan fingerprint density at radius 2 is 1.81 bits per heavy atom. The second-order valence-electron chi connectivity index (χ2n) is 10.3. The van der Waals surface area contributed by atoms with Crippen molar-refractivity contribution < 1.29 is 80.6 Å². The molecular formula is C21H26N7O16P3-2. The number of ether oxygens (including phenoxy) is 1. The molecule has 11 atom stereocenters. The number of pyridine rings is 1. The van der Waals surface area contributed by atoms with Gasteiger partial charge >= 0.3 is 0 Å². The number of primary amides is 1. The number of nitrogen functional groups attached to an aromatic ring is 1. The Bertz CT molecular complexity index is 1790. The molecule has 2 aliphatic rings. The monoisotopic (exact) mass is 725 g/mol. The van der Waals surface area contributed by atoms with Gasteiger partial charge in [0.05, 0.1) is 12.9 Å². The van der Waals surface area contributed by atoms with Crippen molar-refractivity contribution in [1.29, 1.82) is 0 Å². The number of carbonyl (C=O) groups excluding carboxylic acids is 1. The fourth-order valence-corrected chi connectivity index (χ4v) is 7.89. The third kappa shape index (κ3) is 7.92. The van der Waals surface area contributed by atoms with Crippen LogP contribution in [0.15, 0.2) is 37.2 Å². The average molecular weight is 725 g/mol. The van der Waals surface area contributed by atoms with Crippen molar-refractivity contribution in [3.05, 3.63) is 42.7 Å². The molecule has 0 radical (unpaired) electrons. The number of amides is 1. The van der Waals surface area contributed by atoms with Crippen molar-refractivity contribution >= 4 is 46.4 Å². The summed E-state index contributed by atoms with van der Waals surface area (Å²) in [6.45, 7) is -1.23. The maximum absolute atomic E-state index is 12.5. The van der Waals surface area contributed by atoms with E-state index in [1.165, 1.54) is 29.1 Å². The first-order valence-corrected chi connectivity index (χ1v) is 17.6. The highest BCUT2D eigenvalue weighted by atomic mass is 31.3. The molecule has 3 aromatic rings. The third-order valence-electron chi connectivity index (χ3n) is 7.18. The van der Waals surface area contributed by atoms with Gasteiger partial charge in [-0.1, -0.05) is 0 Å². The summed E-state index contributed by atoms with van der Waals surface area (Å²) in [5.41, 5.74) is 11.1. The minimum absolute atomic E-state index is 0.00104. The maximum atomic E-state index is 12.5. The zero-order valence-electron chi connectivity index (χ0n) is 23.4. The Balaban J connectivity index is 1.26. The number of imidazole rings is 1. The smallest absolute Gasteiger partial charge is 0.274 e. The summed E-state index contributed by atoms with van der Waals surface area (Å²) < 4.78 is 62.2. The highest BCUT2D eigenvalue weighted by Gasteiger charge is 2.50. The number of anilines is 1. The first-order valence-electron chi connectivity index (χ1n) is 13.2. The molecule has 0 bridgehead atoms. The number of aliphatic hydroxyl groups is 3. The Hall–Kier alpha value is -2.82. The lowest BCUT2D eigenvalue weighted by Crippen LogP contribution is -2.45. The normalized spacial score (nSPS) is 31.7. The number of aromatic nitrogens is 5. The number of fused-ring (bicyclic) bond motifs is 1. The highest BCUT2D eigenvalue weighted by molar-refractivity contribution is 7.59. The van der Waals surface area contributed by atoms with E-state index in [4.69, 9.17) is 20.7 Å². The van der Waals surface area contributed by atoms with E-state index in [1.54, 1.807) is 0 Å². The zero-order valence-corrected chi connectivity index (χ0v) is 26.1. The second-order valence-corrected chi connectivity index (χ2v) is 14.3. The second kappa shape index (κ2) is 13.2. The molecule has 1 saturated carbocycles. The molecule has 1 amide bonds. The van der Waals surface area contributed by atoms with Gasteiger partial charge in [-0.3, -0.25) is 23.1 Å². The van der Waals surface area contributed by atoms with Gasteiger partial charge in [0.1, 0.15) is 54.0 Å². The molecule has 4 heterocycles. The lowest BCUT2D eigenvalue weighted by Gasteiger charge is -2.33. The molecule has 11 unspecified atom stereocenters. The SMILES string of the molecule is NC(=O)c1ccc[n+](C2CC(OP(=O)([O-])OP(=O)([O-])OCC3OC(n4cnc5c(N)ncnc54)C(O)C3OP(=O)([O-])O)C(O)C2O)c1. The van der Waals surface area contributed by atoms with Crippen LogP contribution in [0.2, 0.25) is 0 Å². The molecule has 1 aliphatic carbocycles. The van der Waals surface area contributed by atoms with Crippen molar-refractivity contribution in [1.82, 2.24) is 19.5 Å². The van der Waals surface area contributed by atoms with Crippen molar-refractivity contribution in [2.24, 2.45) is 5.73 Å². The van der Waals surface area contributed by atoms with Crippen LogP contribution in [-0.4, -0.2) is 88.9 Å². The van der Waals surface area contributed by atoms with Gasteiger partial charge in [0, 0.05) is 12.5 Å². The summed E-state index contributed by atoms with van der Waals surface area (Å²) in [6, 6.07) is 1.73. The van der Waals surface area contributed by atoms with Gasteiger partial charge in [-0.2, -0.15) is 4.57 Å². The molecule has 5 rings (SSSR count). The Labute approximate surface area is 262 Å². The van der Waals surface area contributed by atoms with Crippen LogP contribution < -0.4 is 30.7 Å². The van der Waals surface area contributed by atoms with Gasteiger partial charge in [0.25, 0.3) is 29.4 Å². The van der Waals surface area contributed by atoms with Crippen LogP contribution in [0.5, 0.6) is 0 Å². The molecule has 47 heavy (non-hydrogen) atoms. The first kappa shape index (κ1) is 35.5. The zero-order chi connectivity index (χ0) is 34.5. The van der Waals surface area contributed by atoms with E-state index < -0.39 is 91.3 Å². The number of nitrogens with two attached hydrogens (primary N) is 2. The predicted molar refractivity (Wildman–Crippen MR) is 142 cm³/mol. The fourth-order valence-electron chi connectivity index (χ4n) is 5.13. The molecule has 258 valence electrons. The molecule has 1 saturated heterocycles. The van der Waals surface area contributed by atoms with E-state index in [2.05, 4.69) is 28.3 Å². The third-order valence-corrected chi connectivity index (χ3v) is 10.3. The lowest BCUT2D eigenvalue weighted by molar-refractivity contribution is -0.728. The number of rotatable bonds is 12. The number of carbonyl (C=O) groups is 1. The predicted octanol–water partition coefficient (Wildman–Crippen LogP) is -4.38. The van der Waals surface area contributed by atoms with E-state index in [9.17, 15) is 53.4 Å². The average Bonchev–Trinajstić information content (AvgIpc) is 3.61. The van der Waals surface area contributed by atoms with E-state index >= 15 is 0 Å². The van der Waals surface area contributed by atoms with E-state index in [0.717, 1.165) is 17.2 Å². The van der Waals surface area contributed by atoms with Gasteiger partial charge in [-0.05, 0) is 6.07 Å². The Morgan fingerprint density at radius 1 is 1.09 bits per heavy atom. The van der Waals surface area contributed by atoms with Crippen molar-refractivity contribution in [3.8, 4) is 0 Å². The van der Waals surface area contributed by atoms with E-state index in [1.807, 2.05) is 0 Å². The van der Waals surface area contributed by atoms with Crippen LogP contribution in [-0.2, 0) is 36.3 Å². The number of phosphoric ester groups is 3. The summed E-state index contributed by atoms with van der Waals surface area (Å²) in [5.74, 6) is -0.864. The van der Waals surface area contributed by atoms with Crippen molar-refractivity contribution in [2.75, 3.05) is 12.3 Å². The van der Waals surface area contributed by atoms with Gasteiger partial charge < -0.3 is 64.7 Å². The summed E-state index contributed by atoms with van der Waals surface area (Å²) in [5, 5.41) is 31.6. The first-order chi connectivity index (χ1) is 21.9. The number of hydrogen-bond donors (Lipinski definition) is 6. The van der Waals surface area contributed by atoms with Crippen LogP contribution in [0.4, 0.5) is 5.82 Å². The standard InChI is InChI=1S/C21H28N7O16P3/c22-18-13-20(25-7-24-18)28(8-26-13)21-16(31)17(43-45(33,34)35)12(41-21)6-40-46(36,37)44-47(38,39)42-11-4-10(14(29)15(11)30)27-3-1-2-9(5-27)19(23)32/h1-3,5,7-8,10-12,14-17,21,29-31H,4,6H2,(H7-,22,23,24,25,32,33,34,35,36,37,38,39)/p-2. The number of hydrogen-bond acceptors (Lipinski definition) is 19.